The molecule has 3 aromatic carbocycles. The molecule has 1 fully saturated rings. The second kappa shape index (κ2) is 12.8. The van der Waals surface area contributed by atoms with E-state index in [-0.39, 0.29) is 5.91 Å². The fraction of sp³-hybridized carbons (Fsp3) is 0.286. The molecule has 0 spiro atoms. The van der Waals surface area contributed by atoms with E-state index in [0.717, 1.165) is 28.1 Å². The maximum absolute atomic E-state index is 14.9. The Kier molecular flexibility index (Phi) is 9.49. The summed E-state index contributed by atoms with van der Waals surface area (Å²) in [5, 5.41) is 1.10. The van der Waals surface area contributed by atoms with Crippen molar-refractivity contribution in [2.45, 2.75) is 31.7 Å². The van der Waals surface area contributed by atoms with Crippen LogP contribution in [-0.4, -0.2) is 48.1 Å². The van der Waals surface area contributed by atoms with E-state index in [2.05, 4.69) is 14.6 Å². The third kappa shape index (κ3) is 6.85. The van der Waals surface area contributed by atoms with Crippen molar-refractivity contribution in [3.8, 4) is 0 Å². The van der Waals surface area contributed by atoms with Crippen LogP contribution in [0.1, 0.15) is 34.8 Å². The van der Waals surface area contributed by atoms with Crippen LogP contribution in [0.5, 0.6) is 0 Å². The van der Waals surface area contributed by atoms with Gasteiger partial charge in [-0.1, -0.05) is 54.4 Å². The van der Waals surface area contributed by atoms with Gasteiger partial charge >= 0.3 is 0 Å². The van der Waals surface area contributed by atoms with Crippen LogP contribution in [-0.2, 0) is 6.54 Å². The molecule has 1 heterocycles. The van der Waals surface area contributed by atoms with E-state index in [1.807, 2.05) is 50.4 Å². The van der Waals surface area contributed by atoms with Gasteiger partial charge < -0.3 is 9.62 Å². The Hall–Kier alpha value is -2.58. The number of hydrogen-bond donors (Lipinski definition) is 1. The molecule has 37 heavy (non-hydrogen) atoms. The Morgan fingerprint density at radius 1 is 1.11 bits per heavy atom. The Morgan fingerprint density at radius 2 is 1.86 bits per heavy atom. The molecule has 0 aliphatic carbocycles. The quantitative estimate of drug-likeness (QED) is 0.228. The molecule has 4 rings (SSSR count). The Morgan fingerprint density at radius 3 is 2.59 bits per heavy atom. The molecule has 1 aliphatic rings. The fourth-order valence-corrected chi connectivity index (χ4v) is 5.33. The summed E-state index contributed by atoms with van der Waals surface area (Å²) in [6.07, 6.45) is 2.70. The van der Waals surface area contributed by atoms with Gasteiger partial charge in [0.1, 0.15) is 5.82 Å². The number of aliphatic imine (C=N–C) groups is 1. The van der Waals surface area contributed by atoms with Crippen molar-refractivity contribution < 1.29 is 9.18 Å². The SMILES string of the molecule is CCC=Nc1c(C)cccc1SNc1ccc(C(=O)N2CCN(Cc3cccc(Cl)c3Cl)CC2)cc1F. The topological polar surface area (TPSA) is 47.9 Å². The highest BCUT2D eigenvalue weighted by Crippen LogP contribution is 2.34. The van der Waals surface area contributed by atoms with Crippen molar-refractivity contribution >= 4 is 58.6 Å². The molecule has 1 saturated heterocycles. The molecule has 0 atom stereocenters. The van der Waals surface area contributed by atoms with E-state index in [0.29, 0.717) is 54.0 Å². The molecule has 1 N–H and O–H groups in total. The van der Waals surface area contributed by atoms with E-state index in [1.165, 1.54) is 18.0 Å². The van der Waals surface area contributed by atoms with Crippen molar-refractivity contribution in [1.29, 1.82) is 0 Å². The minimum atomic E-state index is -0.473. The summed E-state index contributed by atoms with van der Waals surface area (Å²) in [6.45, 7) is 7.22. The molecule has 0 unspecified atom stereocenters. The predicted octanol–water partition coefficient (Wildman–Crippen LogP) is 7.63. The molecule has 0 radical (unpaired) electrons. The number of anilines is 1. The van der Waals surface area contributed by atoms with Crippen LogP contribution in [0, 0.1) is 12.7 Å². The number of carbonyl (C=O) groups is 1. The molecular weight excluding hydrogens is 530 g/mol. The number of benzene rings is 3. The Labute approximate surface area is 231 Å². The summed E-state index contributed by atoms with van der Waals surface area (Å²) in [4.78, 5) is 22.5. The van der Waals surface area contributed by atoms with Crippen molar-refractivity contribution in [2.75, 3.05) is 30.9 Å². The maximum Gasteiger partial charge on any atom is 0.254 e. The van der Waals surface area contributed by atoms with Gasteiger partial charge in [0.25, 0.3) is 5.91 Å². The zero-order valence-corrected chi connectivity index (χ0v) is 23.1. The summed E-state index contributed by atoms with van der Waals surface area (Å²) in [6, 6.07) is 16.1. The first-order valence-corrected chi connectivity index (χ1v) is 13.7. The molecule has 3 aromatic rings. The first-order valence-electron chi connectivity index (χ1n) is 12.2. The minimum Gasteiger partial charge on any atom is -0.336 e. The third-order valence-electron chi connectivity index (χ3n) is 6.18. The first-order chi connectivity index (χ1) is 17.9. The Balaban J connectivity index is 1.35. The number of rotatable bonds is 8. The molecule has 0 bridgehead atoms. The van der Waals surface area contributed by atoms with Crippen LogP contribution in [0.4, 0.5) is 15.8 Å². The Bertz CT molecular complexity index is 1300. The smallest absolute Gasteiger partial charge is 0.254 e. The normalized spacial score (nSPS) is 14.4. The number of amides is 1. The molecule has 1 aliphatic heterocycles. The number of nitrogens with one attached hydrogen (secondary N) is 1. The highest BCUT2D eigenvalue weighted by molar-refractivity contribution is 8.00. The van der Waals surface area contributed by atoms with Gasteiger partial charge in [0, 0.05) is 44.5 Å². The molecule has 1 amide bonds. The summed E-state index contributed by atoms with van der Waals surface area (Å²) < 4.78 is 18.0. The van der Waals surface area contributed by atoms with E-state index in [9.17, 15) is 9.18 Å². The lowest BCUT2D eigenvalue weighted by Crippen LogP contribution is -2.48. The van der Waals surface area contributed by atoms with Crippen molar-refractivity contribution in [2.24, 2.45) is 4.99 Å². The van der Waals surface area contributed by atoms with Crippen LogP contribution < -0.4 is 4.72 Å². The lowest BCUT2D eigenvalue weighted by atomic mass is 10.1. The van der Waals surface area contributed by atoms with Gasteiger partial charge in [0.2, 0.25) is 0 Å². The standard InChI is InChI=1S/C28H29Cl2FN4OS/c1-3-12-32-27-19(2)6-4-9-25(27)37-33-24-11-10-20(17-23(24)31)28(36)35-15-13-34(14-16-35)18-21-7-5-8-22(29)26(21)30/h4-12,17,33H,3,13-16,18H2,1-2H3. The highest BCUT2D eigenvalue weighted by atomic mass is 35.5. The highest BCUT2D eigenvalue weighted by Gasteiger charge is 2.23. The number of carbonyl (C=O) groups excluding carboxylic acids is 1. The van der Waals surface area contributed by atoms with Gasteiger partial charge in [-0.2, -0.15) is 0 Å². The molecule has 194 valence electrons. The fourth-order valence-electron chi connectivity index (χ4n) is 4.11. The van der Waals surface area contributed by atoms with Gasteiger partial charge in [0.15, 0.2) is 0 Å². The van der Waals surface area contributed by atoms with Gasteiger partial charge in [-0.3, -0.25) is 14.7 Å². The van der Waals surface area contributed by atoms with Crippen molar-refractivity contribution in [1.82, 2.24) is 9.80 Å². The second-order valence-electron chi connectivity index (χ2n) is 8.82. The van der Waals surface area contributed by atoms with E-state index in [4.69, 9.17) is 23.2 Å². The molecule has 0 aromatic heterocycles. The largest absolute Gasteiger partial charge is 0.336 e. The summed E-state index contributed by atoms with van der Waals surface area (Å²) >= 11 is 13.7. The monoisotopic (exact) mass is 558 g/mol. The van der Waals surface area contributed by atoms with Crippen LogP contribution in [0.15, 0.2) is 64.5 Å². The average Bonchev–Trinajstić information content (AvgIpc) is 2.90. The molecule has 9 heteroatoms. The number of nitrogens with zero attached hydrogens (tertiary/aromatic N) is 3. The number of para-hydroxylation sites is 1. The van der Waals surface area contributed by atoms with Crippen LogP contribution in [0.3, 0.4) is 0 Å². The van der Waals surface area contributed by atoms with E-state index < -0.39 is 5.82 Å². The molecule has 0 saturated carbocycles. The molecule has 5 nitrogen and oxygen atoms in total. The maximum atomic E-state index is 14.9. The number of hydrogen-bond acceptors (Lipinski definition) is 5. The zero-order chi connectivity index (χ0) is 26.4. The van der Waals surface area contributed by atoms with E-state index >= 15 is 0 Å². The lowest BCUT2D eigenvalue weighted by molar-refractivity contribution is 0.0628. The van der Waals surface area contributed by atoms with Crippen LogP contribution >= 0.6 is 35.1 Å². The van der Waals surface area contributed by atoms with Gasteiger partial charge in [-0.25, -0.2) is 4.39 Å². The predicted molar refractivity (Wildman–Crippen MR) is 153 cm³/mol. The van der Waals surface area contributed by atoms with Crippen LogP contribution in [0.25, 0.3) is 0 Å². The summed E-state index contributed by atoms with van der Waals surface area (Å²) in [5.74, 6) is -0.646. The van der Waals surface area contributed by atoms with Gasteiger partial charge in [-0.05, 0) is 66.8 Å². The van der Waals surface area contributed by atoms with Crippen molar-refractivity contribution in [3.05, 3.63) is 87.2 Å². The molecular formula is C28H29Cl2FN4OS. The van der Waals surface area contributed by atoms with Gasteiger partial charge in [-0.15, -0.1) is 0 Å². The summed E-state index contributed by atoms with van der Waals surface area (Å²) in [7, 11) is 0. The zero-order valence-electron chi connectivity index (χ0n) is 20.8. The summed E-state index contributed by atoms with van der Waals surface area (Å²) in [5.41, 5.74) is 3.53. The lowest BCUT2D eigenvalue weighted by Gasteiger charge is -2.35. The van der Waals surface area contributed by atoms with Crippen molar-refractivity contribution in [3.63, 3.8) is 0 Å². The number of aryl methyl sites for hydroxylation is 1. The number of halogens is 3. The first kappa shape index (κ1) is 27.5. The van der Waals surface area contributed by atoms with Gasteiger partial charge in [0.05, 0.1) is 26.3 Å². The third-order valence-corrected chi connectivity index (χ3v) is 7.91. The average molecular weight is 560 g/mol. The minimum absolute atomic E-state index is 0.173. The number of piperazine rings is 1. The van der Waals surface area contributed by atoms with Crippen LogP contribution in [0.2, 0.25) is 10.0 Å². The van der Waals surface area contributed by atoms with E-state index in [1.54, 1.807) is 23.1 Å². The second-order valence-corrected chi connectivity index (χ2v) is 10.5.